The number of rotatable bonds is 4. The number of aliphatic hydroxyl groups excluding tert-OH is 1. The van der Waals surface area contributed by atoms with Crippen molar-refractivity contribution in [3.8, 4) is 5.75 Å². The molecule has 2 fully saturated rings. The SMILES string of the molecule is COc1ccc(Cl)cc1C1(CNC(=O)N2CCC[C@@H](O)C2)CCOCC1. The lowest BCUT2D eigenvalue weighted by atomic mass is 9.73. The summed E-state index contributed by atoms with van der Waals surface area (Å²) in [6.07, 6.45) is 2.72. The van der Waals surface area contributed by atoms with Gasteiger partial charge in [-0.1, -0.05) is 11.6 Å². The van der Waals surface area contributed by atoms with Gasteiger partial charge >= 0.3 is 6.03 Å². The number of ether oxygens (including phenoxy) is 2. The Bertz CT molecular complexity index is 634. The van der Waals surface area contributed by atoms with E-state index in [4.69, 9.17) is 21.1 Å². The molecule has 0 unspecified atom stereocenters. The van der Waals surface area contributed by atoms with Gasteiger partial charge in [-0.15, -0.1) is 0 Å². The molecule has 7 heteroatoms. The summed E-state index contributed by atoms with van der Waals surface area (Å²) in [6.45, 7) is 2.82. The summed E-state index contributed by atoms with van der Waals surface area (Å²) < 4.78 is 11.1. The number of carbonyl (C=O) groups is 1. The van der Waals surface area contributed by atoms with Gasteiger partial charge < -0.3 is 24.8 Å². The molecule has 1 aromatic rings. The van der Waals surface area contributed by atoms with E-state index in [9.17, 15) is 9.90 Å². The van der Waals surface area contributed by atoms with Crippen LogP contribution < -0.4 is 10.1 Å². The average molecular weight is 383 g/mol. The highest BCUT2D eigenvalue weighted by molar-refractivity contribution is 6.30. The number of methoxy groups -OCH3 is 1. The number of aliphatic hydroxyl groups is 1. The molecule has 2 saturated heterocycles. The number of amides is 2. The highest BCUT2D eigenvalue weighted by Gasteiger charge is 2.38. The predicted octanol–water partition coefficient (Wildman–Crippen LogP) is 2.56. The molecular formula is C19H27ClN2O4. The molecule has 2 amide bonds. The van der Waals surface area contributed by atoms with Crippen LogP contribution in [-0.2, 0) is 10.2 Å². The van der Waals surface area contributed by atoms with Crippen LogP contribution in [-0.4, -0.2) is 62.1 Å². The van der Waals surface area contributed by atoms with Gasteiger partial charge in [-0.2, -0.15) is 0 Å². The monoisotopic (exact) mass is 382 g/mol. The van der Waals surface area contributed by atoms with Crippen LogP contribution in [0.25, 0.3) is 0 Å². The number of nitrogens with one attached hydrogen (secondary N) is 1. The lowest BCUT2D eigenvalue weighted by Crippen LogP contribution is -2.51. The second kappa shape index (κ2) is 8.46. The maximum atomic E-state index is 12.6. The molecule has 2 heterocycles. The first-order chi connectivity index (χ1) is 12.5. The minimum Gasteiger partial charge on any atom is -0.496 e. The van der Waals surface area contributed by atoms with Crippen LogP contribution in [0.3, 0.4) is 0 Å². The van der Waals surface area contributed by atoms with Crippen molar-refractivity contribution in [1.29, 1.82) is 0 Å². The average Bonchev–Trinajstić information content (AvgIpc) is 2.67. The van der Waals surface area contributed by atoms with Gasteiger partial charge in [0.15, 0.2) is 0 Å². The Labute approximate surface area is 159 Å². The van der Waals surface area contributed by atoms with E-state index < -0.39 is 6.10 Å². The van der Waals surface area contributed by atoms with Gasteiger partial charge in [0.2, 0.25) is 0 Å². The van der Waals surface area contributed by atoms with Crippen molar-refractivity contribution in [3.05, 3.63) is 28.8 Å². The number of carbonyl (C=O) groups excluding carboxylic acids is 1. The number of hydrogen-bond acceptors (Lipinski definition) is 4. The summed E-state index contributed by atoms with van der Waals surface area (Å²) in [5, 5.41) is 13.5. The highest BCUT2D eigenvalue weighted by Crippen LogP contribution is 2.40. The first kappa shape index (κ1) is 19.3. The molecule has 144 valence electrons. The largest absolute Gasteiger partial charge is 0.496 e. The van der Waals surface area contributed by atoms with Crippen LogP contribution >= 0.6 is 11.6 Å². The Morgan fingerprint density at radius 3 is 2.92 bits per heavy atom. The molecular weight excluding hydrogens is 356 g/mol. The number of likely N-dealkylation sites (tertiary alicyclic amines) is 1. The van der Waals surface area contributed by atoms with E-state index in [-0.39, 0.29) is 11.4 Å². The fraction of sp³-hybridized carbons (Fsp3) is 0.632. The van der Waals surface area contributed by atoms with Gasteiger partial charge in [-0.3, -0.25) is 0 Å². The number of benzene rings is 1. The summed E-state index contributed by atoms with van der Waals surface area (Å²) in [5.74, 6) is 0.777. The summed E-state index contributed by atoms with van der Waals surface area (Å²) in [5.41, 5.74) is 0.730. The smallest absolute Gasteiger partial charge is 0.317 e. The van der Waals surface area contributed by atoms with E-state index in [0.717, 1.165) is 37.0 Å². The molecule has 2 aliphatic rings. The van der Waals surface area contributed by atoms with Crippen molar-refractivity contribution < 1.29 is 19.4 Å². The third-order valence-corrected chi connectivity index (χ3v) is 5.68. The van der Waals surface area contributed by atoms with Crippen LogP contribution in [0.2, 0.25) is 5.02 Å². The Balaban J connectivity index is 1.78. The zero-order chi connectivity index (χ0) is 18.6. The second-order valence-electron chi connectivity index (χ2n) is 7.14. The van der Waals surface area contributed by atoms with Crippen LogP contribution in [0.4, 0.5) is 4.79 Å². The van der Waals surface area contributed by atoms with Gasteiger partial charge in [0, 0.05) is 48.8 Å². The molecule has 0 spiro atoms. The van der Waals surface area contributed by atoms with Crippen molar-refractivity contribution in [2.24, 2.45) is 0 Å². The minimum absolute atomic E-state index is 0.129. The van der Waals surface area contributed by atoms with Gasteiger partial charge in [0.25, 0.3) is 0 Å². The normalized spacial score (nSPS) is 22.7. The van der Waals surface area contributed by atoms with E-state index in [1.54, 1.807) is 12.0 Å². The fourth-order valence-electron chi connectivity index (χ4n) is 3.89. The van der Waals surface area contributed by atoms with E-state index in [0.29, 0.717) is 37.9 Å². The van der Waals surface area contributed by atoms with Crippen molar-refractivity contribution in [2.45, 2.75) is 37.2 Å². The number of urea groups is 1. The molecule has 2 N–H and O–H groups in total. The summed E-state index contributed by atoms with van der Waals surface area (Å²) in [4.78, 5) is 14.3. The third kappa shape index (κ3) is 4.24. The van der Waals surface area contributed by atoms with Crippen molar-refractivity contribution in [2.75, 3.05) is 40.0 Å². The number of nitrogens with zero attached hydrogens (tertiary/aromatic N) is 1. The highest BCUT2D eigenvalue weighted by atomic mass is 35.5. The lowest BCUT2D eigenvalue weighted by Gasteiger charge is -2.39. The van der Waals surface area contributed by atoms with E-state index >= 15 is 0 Å². The molecule has 0 aliphatic carbocycles. The topological polar surface area (TPSA) is 71.0 Å². The number of hydrogen-bond donors (Lipinski definition) is 2. The van der Waals surface area contributed by atoms with Gasteiger partial charge in [-0.25, -0.2) is 4.79 Å². The summed E-state index contributed by atoms with van der Waals surface area (Å²) >= 11 is 6.25. The van der Waals surface area contributed by atoms with Crippen LogP contribution in [0, 0.1) is 0 Å². The Kier molecular flexibility index (Phi) is 6.27. The van der Waals surface area contributed by atoms with E-state index in [1.807, 2.05) is 18.2 Å². The number of piperidine rings is 1. The standard InChI is InChI=1S/C19H27ClN2O4/c1-25-17-5-4-14(20)11-16(17)19(6-9-26-10-7-19)13-21-18(24)22-8-2-3-15(23)12-22/h4-5,11,15,23H,2-3,6-10,12-13H2,1H3,(H,21,24)/t15-/m1/s1. The van der Waals surface area contributed by atoms with Crippen LogP contribution in [0.1, 0.15) is 31.2 Å². The molecule has 0 radical (unpaired) electrons. The third-order valence-electron chi connectivity index (χ3n) is 5.44. The Hall–Kier alpha value is -1.50. The molecule has 26 heavy (non-hydrogen) atoms. The predicted molar refractivity (Wildman–Crippen MR) is 99.9 cm³/mol. The van der Waals surface area contributed by atoms with Gasteiger partial charge in [0.1, 0.15) is 5.75 Å². The van der Waals surface area contributed by atoms with Crippen molar-refractivity contribution in [1.82, 2.24) is 10.2 Å². The lowest BCUT2D eigenvalue weighted by molar-refractivity contribution is 0.0479. The quantitative estimate of drug-likeness (QED) is 0.839. The second-order valence-corrected chi connectivity index (χ2v) is 7.57. The fourth-order valence-corrected chi connectivity index (χ4v) is 4.07. The van der Waals surface area contributed by atoms with Gasteiger partial charge in [0.05, 0.1) is 13.2 Å². The molecule has 0 saturated carbocycles. The molecule has 0 bridgehead atoms. The zero-order valence-corrected chi connectivity index (χ0v) is 15.9. The van der Waals surface area contributed by atoms with E-state index in [1.165, 1.54) is 0 Å². The molecule has 1 atom stereocenters. The van der Waals surface area contributed by atoms with Crippen LogP contribution in [0.15, 0.2) is 18.2 Å². The number of halogens is 1. The van der Waals surface area contributed by atoms with Crippen LogP contribution in [0.5, 0.6) is 5.75 Å². The first-order valence-electron chi connectivity index (χ1n) is 9.17. The summed E-state index contributed by atoms with van der Waals surface area (Å²) in [6, 6.07) is 5.49. The first-order valence-corrected chi connectivity index (χ1v) is 9.54. The summed E-state index contributed by atoms with van der Waals surface area (Å²) in [7, 11) is 1.65. The maximum absolute atomic E-state index is 12.6. The number of β-amino-alcohol motifs (C(OH)–C–C–N with tert-alkyl or cyclic N) is 1. The molecule has 6 nitrogen and oxygen atoms in total. The minimum atomic E-state index is -0.431. The maximum Gasteiger partial charge on any atom is 0.317 e. The molecule has 3 rings (SSSR count). The van der Waals surface area contributed by atoms with Crippen molar-refractivity contribution in [3.63, 3.8) is 0 Å². The Morgan fingerprint density at radius 1 is 1.46 bits per heavy atom. The van der Waals surface area contributed by atoms with Crippen molar-refractivity contribution >= 4 is 17.6 Å². The van der Waals surface area contributed by atoms with E-state index in [2.05, 4.69) is 5.32 Å². The van der Waals surface area contributed by atoms with Gasteiger partial charge in [-0.05, 0) is 43.9 Å². The molecule has 1 aromatic carbocycles. The molecule has 0 aromatic heterocycles. The Morgan fingerprint density at radius 2 is 2.23 bits per heavy atom. The molecule has 2 aliphatic heterocycles. The zero-order valence-electron chi connectivity index (χ0n) is 15.2.